The molecule has 0 fully saturated rings. The van der Waals surface area contributed by atoms with Crippen molar-refractivity contribution in [2.24, 2.45) is 10.2 Å². The number of hydrogen-bond acceptors (Lipinski definition) is 9. The molecule has 1 atom stereocenters. The molecule has 0 saturated carbocycles. The molecule has 1 amide bonds. The van der Waals surface area contributed by atoms with E-state index in [1.165, 1.54) is 29.6 Å². The van der Waals surface area contributed by atoms with Crippen LogP contribution in [0.4, 0.5) is 22.2 Å². The molecule has 42 heavy (non-hydrogen) atoms. The average molecular weight is 618 g/mol. The van der Waals surface area contributed by atoms with Gasteiger partial charge in [0.1, 0.15) is 16.6 Å². The zero-order valence-electron chi connectivity index (χ0n) is 23.5. The Morgan fingerprint density at radius 2 is 2.07 bits per heavy atom. The lowest BCUT2D eigenvalue weighted by molar-refractivity contribution is -0.114. The number of anilines is 2. The lowest BCUT2D eigenvalue weighted by atomic mass is 10.1. The van der Waals surface area contributed by atoms with Crippen molar-refractivity contribution in [1.29, 1.82) is 5.26 Å². The van der Waals surface area contributed by atoms with Crippen molar-refractivity contribution in [2.45, 2.75) is 46.1 Å². The van der Waals surface area contributed by atoms with Gasteiger partial charge in [-0.2, -0.15) is 0 Å². The molecular formula is C30H28ClN7O2S2. The molecule has 0 bridgehead atoms. The van der Waals surface area contributed by atoms with Crippen molar-refractivity contribution >= 4 is 84.2 Å². The molecule has 2 aromatic heterocycles. The molecular weight excluding hydrogens is 590 g/mol. The Balaban J connectivity index is 1.73. The number of thiazole rings is 1. The van der Waals surface area contributed by atoms with E-state index < -0.39 is 0 Å². The van der Waals surface area contributed by atoms with Crippen molar-refractivity contribution < 1.29 is 9.53 Å². The van der Waals surface area contributed by atoms with Gasteiger partial charge >= 0.3 is 0 Å². The van der Waals surface area contributed by atoms with E-state index in [1.807, 2.05) is 36.4 Å². The van der Waals surface area contributed by atoms with Crippen LogP contribution in [0.2, 0.25) is 5.15 Å². The summed E-state index contributed by atoms with van der Waals surface area (Å²) in [7, 11) is 1.57. The van der Waals surface area contributed by atoms with Crippen LogP contribution in [0.5, 0.6) is 5.75 Å². The van der Waals surface area contributed by atoms with Gasteiger partial charge in [0.25, 0.3) is 5.70 Å². The van der Waals surface area contributed by atoms with E-state index in [0.29, 0.717) is 32.4 Å². The number of halogens is 1. The van der Waals surface area contributed by atoms with Crippen molar-refractivity contribution in [3.63, 3.8) is 0 Å². The fraction of sp³-hybridized carbons (Fsp3) is 0.267. The molecule has 2 aromatic carbocycles. The molecule has 2 heterocycles. The van der Waals surface area contributed by atoms with Gasteiger partial charge in [0, 0.05) is 33.5 Å². The summed E-state index contributed by atoms with van der Waals surface area (Å²) < 4.78 is 7.29. The summed E-state index contributed by atoms with van der Waals surface area (Å²) in [5.74, 6) is 0.317. The average Bonchev–Trinajstić information content (AvgIpc) is 3.51. The van der Waals surface area contributed by atoms with Crippen LogP contribution >= 0.6 is 34.3 Å². The summed E-state index contributed by atoms with van der Waals surface area (Å²) in [5, 5.41) is 26.5. The quantitative estimate of drug-likeness (QED) is 0.139. The number of methoxy groups -OCH3 is 1. The molecule has 4 rings (SSSR count). The van der Waals surface area contributed by atoms with E-state index in [9.17, 15) is 10.1 Å². The Bertz CT molecular complexity index is 1850. The lowest BCUT2D eigenvalue weighted by Crippen LogP contribution is -2.20. The molecule has 0 aliphatic carbocycles. The molecule has 2 N–H and O–H groups in total. The maximum absolute atomic E-state index is 12.0. The predicted molar refractivity (Wildman–Crippen MR) is 171 cm³/mol. The molecule has 0 radical (unpaired) electrons. The number of carbonyl (C=O) groups excluding carboxylic acids is 1. The number of benzene rings is 2. The van der Waals surface area contributed by atoms with Gasteiger partial charge in [-0.15, -0.1) is 21.6 Å². The van der Waals surface area contributed by atoms with Crippen LogP contribution in [0.25, 0.3) is 26.7 Å². The van der Waals surface area contributed by atoms with Crippen LogP contribution < -0.4 is 25.1 Å². The highest BCUT2D eigenvalue weighted by atomic mass is 35.5. The molecule has 0 aliphatic heterocycles. The Labute approximate surface area is 256 Å². The van der Waals surface area contributed by atoms with E-state index in [2.05, 4.69) is 44.5 Å². The number of aromatic nitrogens is 1. The first-order chi connectivity index (χ1) is 20.3. The lowest BCUT2D eigenvalue weighted by Gasteiger charge is -2.19. The highest BCUT2D eigenvalue weighted by Crippen LogP contribution is 2.39. The molecule has 0 saturated heterocycles. The van der Waals surface area contributed by atoms with Gasteiger partial charge in [0.15, 0.2) is 0 Å². The minimum absolute atomic E-state index is 0.0105. The highest BCUT2D eigenvalue weighted by molar-refractivity contribution is 7.18. The first kappa shape index (κ1) is 30.7. The van der Waals surface area contributed by atoms with Crippen molar-refractivity contribution in [1.82, 2.24) is 4.98 Å². The smallest absolute Gasteiger partial charge is 0.271 e. The number of nitriles is 1. The topological polar surface area (TPSA) is 116 Å². The monoisotopic (exact) mass is 617 g/mol. The van der Waals surface area contributed by atoms with Gasteiger partial charge in [0.2, 0.25) is 11.0 Å². The van der Waals surface area contributed by atoms with Gasteiger partial charge < -0.3 is 15.4 Å². The number of fused-ring (bicyclic) bond motifs is 1. The molecule has 1 unspecified atom stereocenters. The highest BCUT2D eigenvalue weighted by Gasteiger charge is 2.15. The normalized spacial score (nSPS) is 13.1. The molecule has 214 valence electrons. The molecule has 0 spiro atoms. The second kappa shape index (κ2) is 14.1. The number of unbranched alkanes of at least 4 members (excludes halogenated alkanes) is 1. The van der Waals surface area contributed by atoms with Crippen molar-refractivity contribution in [2.75, 3.05) is 17.7 Å². The van der Waals surface area contributed by atoms with E-state index in [4.69, 9.17) is 22.9 Å². The molecule has 0 aliphatic rings. The van der Waals surface area contributed by atoms with E-state index in [0.717, 1.165) is 39.6 Å². The summed E-state index contributed by atoms with van der Waals surface area (Å²) >= 11 is 9.16. The first-order valence-electron chi connectivity index (χ1n) is 13.1. The fourth-order valence-corrected chi connectivity index (χ4v) is 6.51. The van der Waals surface area contributed by atoms with Crippen molar-refractivity contribution in [3.8, 4) is 11.8 Å². The number of hydrogen-bond donors (Lipinski definition) is 2. The zero-order chi connectivity index (χ0) is 30.2. The van der Waals surface area contributed by atoms with Crippen LogP contribution in [0.15, 0.2) is 46.6 Å². The Morgan fingerprint density at radius 1 is 1.29 bits per heavy atom. The number of nitrogens with one attached hydrogen (secondary N) is 2. The van der Waals surface area contributed by atoms with Gasteiger partial charge in [-0.3, -0.25) is 4.79 Å². The van der Waals surface area contributed by atoms with Gasteiger partial charge in [0.05, 0.1) is 36.0 Å². The van der Waals surface area contributed by atoms with Crippen LogP contribution in [0.3, 0.4) is 0 Å². The first-order valence-corrected chi connectivity index (χ1v) is 15.1. The SMILES string of the molecule is [C-]#[N+]/C(C#N)=c1/c(=C/c2sc(N=Nc3cc(OC)c(NC(C)CCCC)cc3NC(C)=O)nc2Cl)sc2ccccc12. The predicted octanol–water partition coefficient (Wildman–Crippen LogP) is 7.76. The summed E-state index contributed by atoms with van der Waals surface area (Å²) in [5.41, 5.74) is 1.62. The van der Waals surface area contributed by atoms with Crippen LogP contribution in [0.1, 0.15) is 44.9 Å². The number of ether oxygens (including phenoxy) is 1. The Kier molecular flexibility index (Phi) is 10.3. The largest absolute Gasteiger partial charge is 0.495 e. The maximum Gasteiger partial charge on any atom is 0.271 e. The summed E-state index contributed by atoms with van der Waals surface area (Å²) in [6.07, 6.45) is 5.01. The summed E-state index contributed by atoms with van der Waals surface area (Å²) in [6, 6.07) is 13.3. The Morgan fingerprint density at radius 3 is 2.76 bits per heavy atom. The summed E-state index contributed by atoms with van der Waals surface area (Å²) in [4.78, 5) is 20.4. The second-order valence-electron chi connectivity index (χ2n) is 9.34. The zero-order valence-corrected chi connectivity index (χ0v) is 25.9. The third-order valence-electron chi connectivity index (χ3n) is 6.20. The summed E-state index contributed by atoms with van der Waals surface area (Å²) in [6.45, 7) is 13.2. The van der Waals surface area contributed by atoms with Crippen molar-refractivity contribution in [3.05, 3.63) is 67.6 Å². The maximum atomic E-state index is 12.0. The number of nitrogens with zero attached hydrogens (tertiary/aromatic N) is 5. The van der Waals surface area contributed by atoms with Crippen LogP contribution in [-0.2, 0) is 4.79 Å². The van der Waals surface area contributed by atoms with Crippen LogP contribution in [0, 0.1) is 17.9 Å². The minimum Gasteiger partial charge on any atom is -0.495 e. The number of thiophene rings is 1. The third-order valence-corrected chi connectivity index (χ3v) is 8.61. The van der Waals surface area contributed by atoms with Gasteiger partial charge in [-0.05, 0) is 36.9 Å². The number of amides is 1. The number of rotatable bonds is 10. The molecule has 4 aromatic rings. The molecule has 12 heteroatoms. The number of carbonyl (C=O) groups is 1. The Hall–Kier alpha value is -4.29. The molecule has 9 nitrogen and oxygen atoms in total. The van der Waals surface area contributed by atoms with Gasteiger partial charge in [-0.1, -0.05) is 60.9 Å². The number of azo groups is 1. The van der Waals surface area contributed by atoms with Crippen LogP contribution in [-0.4, -0.2) is 24.0 Å². The minimum atomic E-state index is -0.247. The van der Waals surface area contributed by atoms with E-state index in [-0.39, 0.29) is 22.8 Å². The third kappa shape index (κ3) is 7.12. The van der Waals surface area contributed by atoms with Gasteiger partial charge in [-0.25, -0.2) is 15.1 Å². The van der Waals surface area contributed by atoms with E-state index >= 15 is 0 Å². The second-order valence-corrected chi connectivity index (χ2v) is 11.8. The fourth-order valence-electron chi connectivity index (χ4n) is 4.27. The van der Waals surface area contributed by atoms with E-state index in [1.54, 1.807) is 19.2 Å². The standard InChI is InChI=1S/C30H28ClN7O2S2/c1-6-7-10-17(2)34-22-13-20(35-18(3)39)21(14-24(22)40-5)37-38-30-36-29(31)27(42-30)15-26-28(23(16-32)33-4)19-11-8-9-12-25(19)41-26/h8-9,11-15,17,34H,6-7,10H2,1-3,5H3,(H,35,39)/b26-15-,28-23+,38-37?.